The van der Waals surface area contributed by atoms with E-state index < -0.39 is 30.0 Å². The van der Waals surface area contributed by atoms with Crippen molar-refractivity contribution >= 4 is 35.0 Å². The molecule has 0 aliphatic carbocycles. The molecule has 10 heteroatoms. The van der Waals surface area contributed by atoms with E-state index in [-0.39, 0.29) is 43.8 Å². The molecule has 2 N–H and O–H groups in total. The fraction of sp³-hybridized carbons (Fsp3) is 0.440. The molecule has 188 valence electrons. The number of carbonyl (C=O) groups is 2. The van der Waals surface area contributed by atoms with Crippen molar-refractivity contribution in [3.05, 3.63) is 69.5 Å². The van der Waals surface area contributed by atoms with E-state index in [1.165, 1.54) is 23.1 Å². The second kappa shape index (κ2) is 11.7. The van der Waals surface area contributed by atoms with Gasteiger partial charge in [-0.15, -0.1) is 0 Å². The van der Waals surface area contributed by atoms with Crippen LogP contribution in [0.15, 0.2) is 42.5 Å². The molecule has 0 spiro atoms. The van der Waals surface area contributed by atoms with Gasteiger partial charge in [0.2, 0.25) is 5.91 Å². The Labute approximate surface area is 213 Å². The molecule has 2 amide bonds. The van der Waals surface area contributed by atoms with E-state index in [4.69, 9.17) is 32.7 Å². The molecule has 2 aromatic rings. The van der Waals surface area contributed by atoms with Crippen LogP contribution in [0.1, 0.15) is 35.2 Å². The highest BCUT2D eigenvalue weighted by Crippen LogP contribution is 2.29. The first-order valence-electron chi connectivity index (χ1n) is 11.5. The Hall–Kier alpha value is -2.23. The number of β-amino-alcohol motifs (C(OH)–C–C–N with tert-alkyl or cyclic N) is 1. The minimum absolute atomic E-state index is 0.00645. The standard InChI is InChI=1S/C25H27Cl2FN2O5/c26-19-7-5-15(9-20(19)27)11-29-24(32)10-17-6-8-22-23(35-17)14-34-13-16(31)12-30(22)25(33)18-3-1-2-4-21(18)28/h1-5,7,9,16-17,22-23,31H,6,8,10-14H2,(H,29,32)/t16-,17-,22+,23-/m0/s1. The van der Waals surface area contributed by atoms with Crippen molar-refractivity contribution in [2.45, 2.75) is 50.2 Å². The molecule has 2 aliphatic heterocycles. The first kappa shape index (κ1) is 25.9. The fourth-order valence-corrected chi connectivity index (χ4v) is 4.81. The minimum atomic E-state index is -0.892. The van der Waals surface area contributed by atoms with Crippen molar-refractivity contribution in [1.29, 1.82) is 0 Å². The van der Waals surface area contributed by atoms with Crippen LogP contribution in [0, 0.1) is 5.82 Å². The van der Waals surface area contributed by atoms with Gasteiger partial charge in [-0.25, -0.2) is 4.39 Å². The van der Waals surface area contributed by atoms with Gasteiger partial charge in [0.1, 0.15) is 11.9 Å². The average molecular weight is 525 g/mol. The van der Waals surface area contributed by atoms with Crippen LogP contribution < -0.4 is 5.32 Å². The van der Waals surface area contributed by atoms with E-state index in [1.54, 1.807) is 24.3 Å². The second-order valence-corrected chi connectivity index (χ2v) is 9.61. The Balaban J connectivity index is 1.39. The van der Waals surface area contributed by atoms with Gasteiger partial charge in [-0.1, -0.05) is 41.4 Å². The molecule has 35 heavy (non-hydrogen) atoms. The summed E-state index contributed by atoms with van der Waals surface area (Å²) in [7, 11) is 0. The number of nitrogens with one attached hydrogen (secondary N) is 1. The van der Waals surface area contributed by atoms with Gasteiger partial charge in [0.15, 0.2) is 0 Å². The molecule has 0 unspecified atom stereocenters. The highest BCUT2D eigenvalue weighted by Gasteiger charge is 2.40. The lowest BCUT2D eigenvalue weighted by Crippen LogP contribution is -2.57. The number of hydrogen-bond acceptors (Lipinski definition) is 5. The first-order valence-corrected chi connectivity index (χ1v) is 12.2. The monoisotopic (exact) mass is 524 g/mol. The van der Waals surface area contributed by atoms with Crippen LogP contribution in [0.5, 0.6) is 0 Å². The van der Waals surface area contributed by atoms with Crippen LogP contribution in [0.3, 0.4) is 0 Å². The van der Waals surface area contributed by atoms with E-state index in [2.05, 4.69) is 5.32 Å². The highest BCUT2D eigenvalue weighted by molar-refractivity contribution is 6.42. The van der Waals surface area contributed by atoms with E-state index in [1.807, 2.05) is 0 Å². The van der Waals surface area contributed by atoms with Crippen molar-refractivity contribution in [2.24, 2.45) is 0 Å². The smallest absolute Gasteiger partial charge is 0.257 e. The summed E-state index contributed by atoms with van der Waals surface area (Å²) < 4.78 is 26.1. The second-order valence-electron chi connectivity index (χ2n) is 8.80. The van der Waals surface area contributed by atoms with Crippen molar-refractivity contribution in [3.63, 3.8) is 0 Å². The Morgan fingerprint density at radius 3 is 2.69 bits per heavy atom. The quantitative estimate of drug-likeness (QED) is 0.623. The van der Waals surface area contributed by atoms with Gasteiger partial charge in [0.25, 0.3) is 5.91 Å². The number of benzene rings is 2. The van der Waals surface area contributed by atoms with E-state index in [0.29, 0.717) is 29.4 Å². The lowest BCUT2D eigenvalue weighted by atomic mass is 9.94. The molecule has 0 saturated carbocycles. The molecular formula is C25H27Cl2FN2O5. The lowest BCUT2D eigenvalue weighted by molar-refractivity contribution is -0.151. The molecule has 2 heterocycles. The zero-order valence-electron chi connectivity index (χ0n) is 19.0. The molecule has 0 aromatic heterocycles. The molecule has 7 nitrogen and oxygen atoms in total. The summed E-state index contributed by atoms with van der Waals surface area (Å²) in [5.74, 6) is -1.29. The molecule has 4 rings (SSSR count). The summed E-state index contributed by atoms with van der Waals surface area (Å²) >= 11 is 12.0. The van der Waals surface area contributed by atoms with Crippen LogP contribution in [0.4, 0.5) is 4.39 Å². The molecule has 0 radical (unpaired) electrons. The number of ether oxygens (including phenoxy) is 2. The first-order chi connectivity index (χ1) is 16.8. The van der Waals surface area contributed by atoms with Crippen molar-refractivity contribution in [3.8, 4) is 0 Å². The summed E-state index contributed by atoms with van der Waals surface area (Å²) in [6.45, 7) is 0.500. The van der Waals surface area contributed by atoms with E-state index >= 15 is 0 Å². The third-order valence-electron chi connectivity index (χ3n) is 6.23. The Kier molecular flexibility index (Phi) is 8.62. The van der Waals surface area contributed by atoms with Crippen LogP contribution in [-0.4, -0.2) is 65.9 Å². The third kappa shape index (κ3) is 6.51. The number of carbonyl (C=O) groups excluding carboxylic acids is 2. The predicted octanol–water partition coefficient (Wildman–Crippen LogP) is 3.59. The maximum absolute atomic E-state index is 14.3. The topological polar surface area (TPSA) is 88.1 Å². The third-order valence-corrected chi connectivity index (χ3v) is 6.97. The molecule has 2 saturated heterocycles. The molecular weight excluding hydrogens is 498 g/mol. The Morgan fingerprint density at radius 2 is 1.91 bits per heavy atom. The van der Waals surface area contributed by atoms with Crippen molar-refractivity contribution < 1.29 is 28.6 Å². The summed E-state index contributed by atoms with van der Waals surface area (Å²) in [5.41, 5.74) is 0.774. The van der Waals surface area contributed by atoms with Gasteiger partial charge in [-0.3, -0.25) is 9.59 Å². The van der Waals surface area contributed by atoms with Gasteiger partial charge in [-0.05, 0) is 42.7 Å². The van der Waals surface area contributed by atoms with Gasteiger partial charge >= 0.3 is 0 Å². The predicted molar refractivity (Wildman–Crippen MR) is 129 cm³/mol. The summed E-state index contributed by atoms with van der Waals surface area (Å²) in [5, 5.41) is 14.0. The van der Waals surface area contributed by atoms with Crippen molar-refractivity contribution in [2.75, 3.05) is 19.8 Å². The van der Waals surface area contributed by atoms with E-state index in [0.717, 1.165) is 5.56 Å². The SMILES string of the molecule is O=C(C[C@@H]1CC[C@@H]2[C@H](COC[C@@H](O)CN2C(=O)c2ccccc2F)O1)NCc1ccc(Cl)c(Cl)c1. The van der Waals surface area contributed by atoms with Crippen LogP contribution in [0.2, 0.25) is 10.0 Å². The lowest BCUT2D eigenvalue weighted by Gasteiger charge is -2.44. The Bertz CT molecular complexity index is 1070. The number of fused-ring (bicyclic) bond motifs is 1. The number of hydrogen-bond donors (Lipinski definition) is 2. The number of halogens is 3. The molecule has 2 aliphatic rings. The number of rotatable bonds is 5. The molecule has 0 bridgehead atoms. The minimum Gasteiger partial charge on any atom is -0.389 e. The fourth-order valence-electron chi connectivity index (χ4n) is 4.49. The highest BCUT2D eigenvalue weighted by atomic mass is 35.5. The summed E-state index contributed by atoms with van der Waals surface area (Å²) in [4.78, 5) is 27.2. The zero-order chi connectivity index (χ0) is 24.9. The van der Waals surface area contributed by atoms with Gasteiger partial charge in [0, 0.05) is 13.1 Å². The van der Waals surface area contributed by atoms with Crippen molar-refractivity contribution in [1.82, 2.24) is 10.2 Å². The van der Waals surface area contributed by atoms with Gasteiger partial charge < -0.3 is 24.8 Å². The van der Waals surface area contributed by atoms with Crippen LogP contribution in [-0.2, 0) is 20.8 Å². The zero-order valence-corrected chi connectivity index (χ0v) is 20.5. The number of nitrogens with zero attached hydrogens (tertiary/aromatic N) is 1. The average Bonchev–Trinajstić information content (AvgIpc) is 2.82. The maximum atomic E-state index is 14.3. The van der Waals surface area contributed by atoms with Gasteiger partial charge in [-0.2, -0.15) is 0 Å². The molecule has 2 aromatic carbocycles. The maximum Gasteiger partial charge on any atom is 0.257 e. The number of aliphatic hydroxyl groups excluding tert-OH is 1. The van der Waals surface area contributed by atoms with Crippen LogP contribution >= 0.6 is 23.2 Å². The Morgan fingerprint density at radius 1 is 1.11 bits per heavy atom. The molecule has 2 fully saturated rings. The van der Waals surface area contributed by atoms with Crippen LogP contribution in [0.25, 0.3) is 0 Å². The largest absolute Gasteiger partial charge is 0.389 e. The normalized spacial score (nSPS) is 24.7. The summed E-state index contributed by atoms with van der Waals surface area (Å²) in [6.07, 6.45) is -0.543. The number of aliphatic hydroxyl groups is 1. The van der Waals surface area contributed by atoms with E-state index in [9.17, 15) is 19.1 Å². The molecule has 4 atom stereocenters. The number of amides is 2. The summed E-state index contributed by atoms with van der Waals surface area (Å²) in [6, 6.07) is 10.5. The van der Waals surface area contributed by atoms with Gasteiger partial charge in [0.05, 0.1) is 53.5 Å².